The molecule has 2 aromatic carbocycles. The molecule has 1 amide bonds. The molecule has 0 aromatic heterocycles. The highest BCUT2D eigenvalue weighted by Gasteiger charge is 2.06. The molecule has 0 spiro atoms. The van der Waals surface area contributed by atoms with Crippen LogP contribution in [0.15, 0.2) is 46.0 Å². The molecule has 5 nitrogen and oxygen atoms in total. The molecule has 0 saturated heterocycles. The second-order valence-electron chi connectivity index (χ2n) is 4.79. The van der Waals surface area contributed by atoms with Crippen molar-refractivity contribution in [2.45, 2.75) is 6.92 Å². The number of nitrogens with zero attached hydrogens (tertiary/aromatic N) is 1. The first-order valence-electron chi connectivity index (χ1n) is 6.77. The van der Waals surface area contributed by atoms with Crippen LogP contribution in [0.3, 0.4) is 0 Å². The molecule has 0 fully saturated rings. The van der Waals surface area contributed by atoms with Crippen LogP contribution in [-0.4, -0.2) is 23.8 Å². The van der Waals surface area contributed by atoms with Gasteiger partial charge in [0.15, 0.2) is 0 Å². The number of hydrogen-bond acceptors (Lipinski definition) is 4. The fourth-order valence-electron chi connectivity index (χ4n) is 1.84. The van der Waals surface area contributed by atoms with E-state index in [0.29, 0.717) is 9.13 Å². The van der Waals surface area contributed by atoms with Crippen molar-refractivity contribution in [1.82, 2.24) is 5.43 Å². The SMILES string of the molecule is Cc1ccccc1NCC(=O)N/N=C/c1cc(Br)cc(I)c1O. The minimum atomic E-state index is -0.270. The predicted octanol–water partition coefficient (Wildman–Crippen LogP) is 3.63. The lowest BCUT2D eigenvalue weighted by molar-refractivity contribution is -0.119. The van der Waals surface area contributed by atoms with Gasteiger partial charge in [-0.3, -0.25) is 4.79 Å². The summed E-state index contributed by atoms with van der Waals surface area (Å²) in [5.41, 5.74) is 4.93. The van der Waals surface area contributed by atoms with E-state index in [1.807, 2.05) is 53.8 Å². The summed E-state index contributed by atoms with van der Waals surface area (Å²) in [5.74, 6) is -0.140. The number of benzene rings is 2. The molecule has 0 heterocycles. The molecule has 2 rings (SSSR count). The molecule has 0 radical (unpaired) electrons. The number of hydrazone groups is 1. The van der Waals surface area contributed by atoms with Gasteiger partial charge in [0.25, 0.3) is 5.91 Å². The largest absolute Gasteiger partial charge is 0.506 e. The number of carbonyl (C=O) groups is 1. The number of rotatable bonds is 5. The van der Waals surface area contributed by atoms with Gasteiger partial charge in [-0.05, 0) is 53.3 Å². The van der Waals surface area contributed by atoms with Crippen LogP contribution < -0.4 is 10.7 Å². The van der Waals surface area contributed by atoms with Crippen molar-refractivity contribution in [1.29, 1.82) is 0 Å². The molecule has 0 atom stereocenters. The van der Waals surface area contributed by atoms with Crippen LogP contribution in [0.1, 0.15) is 11.1 Å². The van der Waals surface area contributed by atoms with Crippen LogP contribution in [-0.2, 0) is 4.79 Å². The van der Waals surface area contributed by atoms with Gasteiger partial charge in [0.2, 0.25) is 0 Å². The molecule has 3 N–H and O–H groups in total. The van der Waals surface area contributed by atoms with Crippen molar-refractivity contribution in [3.63, 3.8) is 0 Å². The predicted molar refractivity (Wildman–Crippen MR) is 104 cm³/mol. The topological polar surface area (TPSA) is 73.7 Å². The summed E-state index contributed by atoms with van der Waals surface area (Å²) >= 11 is 5.38. The normalized spacial score (nSPS) is 10.7. The fourth-order valence-corrected chi connectivity index (χ4v) is 3.39. The zero-order chi connectivity index (χ0) is 16.8. The Balaban J connectivity index is 1.91. The number of para-hydroxylation sites is 1. The molecule has 120 valence electrons. The van der Waals surface area contributed by atoms with E-state index in [4.69, 9.17) is 0 Å². The highest BCUT2D eigenvalue weighted by Crippen LogP contribution is 2.27. The Hall–Kier alpha value is -1.61. The quantitative estimate of drug-likeness (QED) is 0.342. The van der Waals surface area contributed by atoms with Crippen LogP contribution in [0, 0.1) is 10.5 Å². The van der Waals surface area contributed by atoms with Gasteiger partial charge in [0.1, 0.15) is 5.75 Å². The third-order valence-electron chi connectivity index (χ3n) is 3.04. The maximum atomic E-state index is 11.8. The minimum absolute atomic E-state index is 0.115. The number of aryl methyl sites for hydroxylation is 1. The molecule has 0 aliphatic rings. The van der Waals surface area contributed by atoms with E-state index >= 15 is 0 Å². The van der Waals surface area contributed by atoms with Crippen LogP contribution in [0.5, 0.6) is 5.75 Å². The number of hydrogen-bond donors (Lipinski definition) is 3. The Bertz CT molecular complexity index is 750. The Morgan fingerprint density at radius 2 is 2.13 bits per heavy atom. The number of anilines is 1. The van der Waals surface area contributed by atoms with E-state index in [-0.39, 0.29) is 18.2 Å². The standard InChI is InChI=1S/C16H15BrIN3O2/c1-10-4-2-3-5-14(10)19-9-15(22)21-20-8-11-6-12(17)7-13(18)16(11)23/h2-8,19,23H,9H2,1H3,(H,21,22)/b20-8+. The number of phenolic OH excluding ortho intramolecular Hbond substituents is 1. The van der Waals surface area contributed by atoms with Gasteiger partial charge in [-0.1, -0.05) is 34.1 Å². The molecule has 0 saturated carbocycles. The fraction of sp³-hybridized carbons (Fsp3) is 0.125. The summed E-state index contributed by atoms with van der Waals surface area (Å²) in [7, 11) is 0. The monoisotopic (exact) mass is 487 g/mol. The summed E-state index contributed by atoms with van der Waals surface area (Å²) < 4.78 is 1.53. The van der Waals surface area contributed by atoms with Crippen LogP contribution >= 0.6 is 38.5 Å². The smallest absolute Gasteiger partial charge is 0.259 e. The zero-order valence-corrected chi connectivity index (χ0v) is 16.1. The van der Waals surface area contributed by atoms with Gasteiger partial charge in [-0.15, -0.1) is 0 Å². The van der Waals surface area contributed by atoms with Gasteiger partial charge < -0.3 is 10.4 Å². The summed E-state index contributed by atoms with van der Waals surface area (Å²) in [6.07, 6.45) is 1.41. The lowest BCUT2D eigenvalue weighted by atomic mass is 10.2. The van der Waals surface area contributed by atoms with E-state index in [0.717, 1.165) is 15.7 Å². The number of phenols is 1. The Morgan fingerprint density at radius 1 is 1.39 bits per heavy atom. The molecular formula is C16H15BrIN3O2. The maximum absolute atomic E-state index is 11.8. The van der Waals surface area contributed by atoms with Gasteiger partial charge in [0, 0.05) is 15.7 Å². The van der Waals surface area contributed by atoms with Crippen LogP contribution in [0.25, 0.3) is 0 Å². The third-order valence-corrected chi connectivity index (χ3v) is 4.32. The first kappa shape index (κ1) is 17.7. The van der Waals surface area contributed by atoms with Crippen LogP contribution in [0.4, 0.5) is 5.69 Å². The molecule has 0 aliphatic heterocycles. The third kappa shape index (κ3) is 5.21. The van der Waals surface area contributed by atoms with E-state index < -0.39 is 0 Å². The molecule has 7 heteroatoms. The average molecular weight is 488 g/mol. The molecule has 2 aromatic rings. The highest BCUT2D eigenvalue weighted by atomic mass is 127. The Labute approximate surface area is 156 Å². The number of amides is 1. The first-order chi connectivity index (χ1) is 11.0. The van der Waals surface area contributed by atoms with Crippen molar-refractivity contribution >= 4 is 56.3 Å². The second-order valence-corrected chi connectivity index (χ2v) is 6.86. The van der Waals surface area contributed by atoms with E-state index in [1.54, 1.807) is 12.1 Å². The molecule has 23 heavy (non-hydrogen) atoms. The van der Waals surface area contributed by atoms with Gasteiger partial charge >= 0.3 is 0 Å². The Morgan fingerprint density at radius 3 is 2.87 bits per heavy atom. The number of aromatic hydroxyl groups is 1. The maximum Gasteiger partial charge on any atom is 0.259 e. The van der Waals surface area contributed by atoms with E-state index in [9.17, 15) is 9.90 Å². The zero-order valence-electron chi connectivity index (χ0n) is 12.3. The lowest BCUT2D eigenvalue weighted by Crippen LogP contribution is -2.26. The van der Waals surface area contributed by atoms with Crippen molar-refractivity contribution in [2.75, 3.05) is 11.9 Å². The van der Waals surface area contributed by atoms with Crippen molar-refractivity contribution in [2.24, 2.45) is 5.10 Å². The Kier molecular flexibility index (Phi) is 6.40. The van der Waals surface area contributed by atoms with Crippen molar-refractivity contribution in [3.05, 3.63) is 55.6 Å². The summed E-state index contributed by atoms with van der Waals surface area (Å²) in [6.45, 7) is 2.08. The number of nitrogens with one attached hydrogen (secondary N) is 2. The van der Waals surface area contributed by atoms with Crippen LogP contribution in [0.2, 0.25) is 0 Å². The minimum Gasteiger partial charge on any atom is -0.506 e. The molecular weight excluding hydrogens is 473 g/mol. The summed E-state index contributed by atoms with van der Waals surface area (Å²) in [5, 5.41) is 16.8. The van der Waals surface area contributed by atoms with E-state index in [1.165, 1.54) is 6.21 Å². The average Bonchev–Trinajstić information content (AvgIpc) is 2.51. The highest BCUT2D eigenvalue weighted by molar-refractivity contribution is 14.1. The lowest BCUT2D eigenvalue weighted by Gasteiger charge is -2.08. The first-order valence-corrected chi connectivity index (χ1v) is 8.64. The number of carbonyl (C=O) groups excluding carboxylic acids is 1. The molecule has 0 aliphatic carbocycles. The summed E-state index contributed by atoms with van der Waals surface area (Å²) in [4.78, 5) is 11.8. The van der Waals surface area contributed by atoms with Gasteiger partial charge in [-0.25, -0.2) is 5.43 Å². The molecule has 0 unspecified atom stereocenters. The van der Waals surface area contributed by atoms with Gasteiger partial charge in [0.05, 0.1) is 16.3 Å². The van der Waals surface area contributed by atoms with Gasteiger partial charge in [-0.2, -0.15) is 5.10 Å². The van der Waals surface area contributed by atoms with E-state index in [2.05, 4.69) is 31.8 Å². The molecule has 0 bridgehead atoms. The number of halogens is 2. The van der Waals surface area contributed by atoms with Crippen molar-refractivity contribution in [3.8, 4) is 5.75 Å². The second kappa shape index (κ2) is 8.30. The summed E-state index contributed by atoms with van der Waals surface area (Å²) in [6, 6.07) is 11.2. The van der Waals surface area contributed by atoms with Crippen molar-refractivity contribution < 1.29 is 9.90 Å².